The number of carbonyl (C=O) groups is 2. The third-order valence-corrected chi connectivity index (χ3v) is 7.72. The van der Waals surface area contributed by atoms with Gasteiger partial charge in [0.25, 0.3) is 0 Å². The minimum Gasteiger partial charge on any atom is -0.507 e. The summed E-state index contributed by atoms with van der Waals surface area (Å²) in [5.74, 6) is -2.82. The van der Waals surface area contributed by atoms with E-state index in [4.69, 9.17) is 9.47 Å². The van der Waals surface area contributed by atoms with Gasteiger partial charge in [-0.05, 0) is 47.5 Å². The van der Waals surface area contributed by atoms with Crippen LogP contribution < -0.4 is 0 Å². The van der Waals surface area contributed by atoms with Crippen molar-refractivity contribution in [3.63, 3.8) is 0 Å². The molecule has 0 spiro atoms. The van der Waals surface area contributed by atoms with Crippen LogP contribution in [0.15, 0.2) is 107 Å². The van der Waals surface area contributed by atoms with E-state index in [1.54, 1.807) is 0 Å². The summed E-state index contributed by atoms with van der Waals surface area (Å²) in [7, 11) is -4.55. The van der Waals surface area contributed by atoms with Crippen LogP contribution in [-0.2, 0) is 32.2 Å². The molecule has 9 heteroatoms. The second-order valence-corrected chi connectivity index (χ2v) is 10.5. The van der Waals surface area contributed by atoms with Crippen LogP contribution in [-0.4, -0.2) is 43.8 Å². The van der Waals surface area contributed by atoms with Gasteiger partial charge < -0.3 is 19.7 Å². The lowest BCUT2D eigenvalue weighted by molar-refractivity contribution is 0.0499. The van der Waals surface area contributed by atoms with E-state index >= 15 is 0 Å². The average Bonchev–Trinajstić information content (AvgIpc) is 2.94. The first-order valence-electron chi connectivity index (χ1n) is 12.1. The highest BCUT2D eigenvalue weighted by molar-refractivity contribution is 7.91. The lowest BCUT2D eigenvalue weighted by Gasteiger charge is -2.12. The zero-order chi connectivity index (χ0) is 27.8. The fourth-order valence-electron chi connectivity index (χ4n) is 3.81. The number of ether oxygens (including phenoxy) is 2. The summed E-state index contributed by atoms with van der Waals surface area (Å²) in [5, 5.41) is 20.7. The number of sulfone groups is 1. The lowest BCUT2D eigenvalue weighted by atomic mass is 10.2. The van der Waals surface area contributed by atoms with E-state index < -0.39 is 43.1 Å². The minimum atomic E-state index is -4.55. The number of carbonyl (C=O) groups excluding carboxylic acids is 2. The molecule has 0 atom stereocenters. The predicted octanol–water partition coefficient (Wildman–Crippen LogP) is 4.73. The van der Waals surface area contributed by atoms with Crippen molar-refractivity contribution in [3.8, 4) is 11.5 Å². The van der Waals surface area contributed by atoms with Crippen molar-refractivity contribution in [2.24, 2.45) is 0 Å². The summed E-state index contributed by atoms with van der Waals surface area (Å²) in [6.45, 7) is 0.141. The fraction of sp³-hybridized carbons (Fsp3) is 0.133. The van der Waals surface area contributed by atoms with Crippen molar-refractivity contribution in [1.29, 1.82) is 0 Å². The number of phenols is 2. The maximum absolute atomic E-state index is 13.4. The van der Waals surface area contributed by atoms with Crippen molar-refractivity contribution in [2.45, 2.75) is 22.6 Å². The molecule has 0 heterocycles. The van der Waals surface area contributed by atoms with Gasteiger partial charge in [0.1, 0.15) is 21.3 Å². The highest BCUT2D eigenvalue weighted by Crippen LogP contribution is 2.34. The topological polar surface area (TPSA) is 127 Å². The molecule has 200 valence electrons. The largest absolute Gasteiger partial charge is 0.507 e. The van der Waals surface area contributed by atoms with Crippen LogP contribution in [0.3, 0.4) is 0 Å². The summed E-state index contributed by atoms with van der Waals surface area (Å²) in [5.41, 5.74) is 1.73. The highest BCUT2D eigenvalue weighted by atomic mass is 32.2. The Morgan fingerprint density at radius 1 is 0.590 bits per heavy atom. The zero-order valence-corrected chi connectivity index (χ0v) is 21.6. The Labute approximate surface area is 226 Å². The smallest absolute Gasteiger partial charge is 0.338 e. The van der Waals surface area contributed by atoms with Gasteiger partial charge in [-0.2, -0.15) is 0 Å². The summed E-state index contributed by atoms with van der Waals surface area (Å²) < 4.78 is 37.3. The first-order valence-corrected chi connectivity index (χ1v) is 13.6. The Balaban J connectivity index is 1.50. The molecule has 39 heavy (non-hydrogen) atoms. The van der Waals surface area contributed by atoms with Crippen molar-refractivity contribution in [3.05, 3.63) is 119 Å². The molecule has 0 radical (unpaired) electrons. The number of hydrogen-bond acceptors (Lipinski definition) is 8. The molecule has 0 aromatic heterocycles. The number of benzene rings is 4. The number of phenolic OH excluding ortho intramolecular Hbond substituents is 2. The van der Waals surface area contributed by atoms with E-state index in [0.29, 0.717) is 12.8 Å². The van der Waals surface area contributed by atoms with Crippen molar-refractivity contribution in [1.82, 2.24) is 0 Å². The van der Waals surface area contributed by atoms with Gasteiger partial charge in [-0.1, -0.05) is 60.7 Å². The fourth-order valence-corrected chi connectivity index (χ4v) is 5.30. The zero-order valence-electron chi connectivity index (χ0n) is 20.8. The van der Waals surface area contributed by atoms with E-state index in [9.17, 15) is 28.2 Å². The highest BCUT2D eigenvalue weighted by Gasteiger charge is 2.28. The Morgan fingerprint density at radius 3 is 1.36 bits per heavy atom. The monoisotopic (exact) mass is 546 g/mol. The van der Waals surface area contributed by atoms with Gasteiger partial charge in [-0.15, -0.1) is 0 Å². The average molecular weight is 547 g/mol. The van der Waals surface area contributed by atoms with Crippen molar-refractivity contribution in [2.75, 3.05) is 13.2 Å². The van der Waals surface area contributed by atoms with E-state index in [-0.39, 0.29) is 24.3 Å². The van der Waals surface area contributed by atoms with Gasteiger partial charge in [0.05, 0.1) is 24.3 Å². The first-order chi connectivity index (χ1) is 18.8. The molecule has 0 saturated heterocycles. The van der Waals surface area contributed by atoms with Gasteiger partial charge in [0.15, 0.2) is 0 Å². The molecule has 4 aromatic rings. The predicted molar refractivity (Wildman–Crippen MR) is 143 cm³/mol. The molecule has 0 unspecified atom stereocenters. The number of hydrogen-bond donors (Lipinski definition) is 2. The maximum atomic E-state index is 13.4. The van der Waals surface area contributed by atoms with E-state index in [2.05, 4.69) is 0 Å². The molecule has 4 rings (SSSR count). The summed E-state index contributed by atoms with van der Waals surface area (Å²) in [6.07, 6.45) is 0.940. The maximum Gasteiger partial charge on any atom is 0.338 e. The van der Waals surface area contributed by atoms with Crippen LogP contribution in [0.4, 0.5) is 0 Å². The van der Waals surface area contributed by atoms with Gasteiger partial charge in [0, 0.05) is 12.8 Å². The molecule has 0 aliphatic carbocycles. The molecule has 0 saturated carbocycles. The molecule has 0 aliphatic heterocycles. The summed E-state index contributed by atoms with van der Waals surface area (Å²) in [6, 6.07) is 25.3. The normalized spacial score (nSPS) is 11.1. The van der Waals surface area contributed by atoms with Gasteiger partial charge in [-0.25, -0.2) is 18.0 Å². The number of aromatic hydroxyl groups is 2. The minimum absolute atomic E-state index is 0.0705. The lowest BCUT2D eigenvalue weighted by Crippen LogP contribution is -2.11. The van der Waals surface area contributed by atoms with Crippen LogP contribution in [0.5, 0.6) is 11.5 Å². The molecule has 8 nitrogen and oxygen atoms in total. The third-order valence-electron chi connectivity index (χ3n) is 5.90. The van der Waals surface area contributed by atoms with Crippen LogP contribution in [0.25, 0.3) is 0 Å². The Kier molecular flexibility index (Phi) is 8.63. The molecule has 0 bridgehead atoms. The number of rotatable bonds is 10. The van der Waals surface area contributed by atoms with Crippen LogP contribution >= 0.6 is 0 Å². The van der Waals surface area contributed by atoms with Crippen LogP contribution in [0, 0.1) is 0 Å². The quantitative estimate of drug-likeness (QED) is 0.273. The molecular weight excluding hydrogens is 520 g/mol. The molecule has 0 amide bonds. The van der Waals surface area contributed by atoms with Gasteiger partial charge in [0.2, 0.25) is 9.84 Å². The van der Waals surface area contributed by atoms with Crippen LogP contribution in [0.2, 0.25) is 0 Å². The third kappa shape index (κ3) is 6.82. The second-order valence-electron chi connectivity index (χ2n) is 8.61. The SMILES string of the molecule is O=C(OCCc1ccccc1)c1ccc(O)c(S(=O)(=O)c2cc(C(=O)OCCc3ccccc3)ccc2O)c1. The molecule has 2 N–H and O–H groups in total. The Hall–Kier alpha value is -4.63. The van der Waals surface area contributed by atoms with Crippen molar-refractivity contribution >= 4 is 21.8 Å². The molecule has 4 aromatic carbocycles. The van der Waals surface area contributed by atoms with E-state index in [1.165, 1.54) is 12.1 Å². The molecule has 0 aliphatic rings. The van der Waals surface area contributed by atoms with Gasteiger partial charge >= 0.3 is 11.9 Å². The Bertz CT molecular complexity index is 1450. The van der Waals surface area contributed by atoms with Crippen molar-refractivity contribution < 1.29 is 37.7 Å². The van der Waals surface area contributed by atoms with Gasteiger partial charge in [-0.3, -0.25) is 0 Å². The van der Waals surface area contributed by atoms with Crippen LogP contribution in [0.1, 0.15) is 31.8 Å². The standard InChI is InChI=1S/C30H26O8S/c31-25-13-11-23(29(33)37-17-15-21-7-3-1-4-8-21)19-27(25)39(35,36)28-20-24(12-14-26(28)32)30(34)38-18-16-22-9-5-2-6-10-22/h1-14,19-20,31-32H,15-18H2. The first kappa shape index (κ1) is 27.4. The molecule has 0 fully saturated rings. The van der Waals surface area contributed by atoms with E-state index in [1.807, 2.05) is 60.7 Å². The van der Waals surface area contributed by atoms with E-state index in [0.717, 1.165) is 35.4 Å². The summed E-state index contributed by atoms with van der Waals surface area (Å²) in [4.78, 5) is 23.9. The second kappa shape index (κ2) is 12.3. The molecular formula is C30H26O8S. The Morgan fingerprint density at radius 2 is 0.974 bits per heavy atom. The number of esters is 2. The summed E-state index contributed by atoms with van der Waals surface area (Å²) >= 11 is 0.